The minimum absolute atomic E-state index is 0.0223. The second kappa shape index (κ2) is 11.0. The zero-order valence-electron chi connectivity index (χ0n) is 20.9. The Morgan fingerprint density at radius 3 is 2.03 bits per heavy atom. The van der Waals surface area contributed by atoms with Gasteiger partial charge in [-0.1, -0.05) is 0 Å². The van der Waals surface area contributed by atoms with Crippen LogP contribution in [0.15, 0.2) is 60.7 Å². The number of carbonyl (C=O) groups excluding carboxylic acids is 2. The average molecular weight is 505 g/mol. The average Bonchev–Trinajstić information content (AvgIpc) is 2.92. The number of hydrogen-bond acceptors (Lipinski definition) is 7. The minimum atomic E-state index is -0.471. The van der Waals surface area contributed by atoms with Gasteiger partial charge in [-0.15, -0.1) is 0 Å². The summed E-state index contributed by atoms with van der Waals surface area (Å²) < 4.78 is 10.6. The van der Waals surface area contributed by atoms with Gasteiger partial charge in [0.1, 0.15) is 11.5 Å². The van der Waals surface area contributed by atoms with Crippen LogP contribution in [-0.4, -0.2) is 62.0 Å². The van der Waals surface area contributed by atoms with Gasteiger partial charge in [0.15, 0.2) is 0 Å². The number of carbonyl (C=O) groups is 2. The monoisotopic (exact) mass is 504 g/mol. The van der Waals surface area contributed by atoms with Gasteiger partial charge in [0.2, 0.25) is 0 Å². The molecule has 0 aromatic heterocycles. The zero-order valence-corrected chi connectivity index (χ0v) is 20.9. The Hall–Kier alpha value is -4.60. The first-order valence-corrected chi connectivity index (χ1v) is 11.7. The summed E-state index contributed by atoms with van der Waals surface area (Å²) >= 11 is 0. The number of ether oxygens (including phenoxy) is 2. The number of nitrogens with one attached hydrogen (secondary N) is 1. The molecule has 3 aromatic carbocycles. The van der Waals surface area contributed by atoms with E-state index in [4.69, 9.17) is 9.47 Å². The summed E-state index contributed by atoms with van der Waals surface area (Å²) in [5, 5.41) is 13.8. The second-order valence-electron chi connectivity index (χ2n) is 8.64. The van der Waals surface area contributed by atoms with Crippen molar-refractivity contribution in [3.63, 3.8) is 0 Å². The van der Waals surface area contributed by atoms with E-state index in [1.807, 2.05) is 29.2 Å². The number of aryl methyl sites for hydroxylation is 1. The molecule has 192 valence electrons. The molecule has 10 nitrogen and oxygen atoms in total. The van der Waals surface area contributed by atoms with Crippen LogP contribution in [-0.2, 0) is 0 Å². The molecule has 3 aromatic rings. The van der Waals surface area contributed by atoms with E-state index in [9.17, 15) is 19.7 Å². The predicted molar refractivity (Wildman–Crippen MR) is 140 cm³/mol. The van der Waals surface area contributed by atoms with E-state index in [1.165, 1.54) is 18.2 Å². The highest BCUT2D eigenvalue weighted by molar-refractivity contribution is 6.04. The van der Waals surface area contributed by atoms with E-state index in [2.05, 4.69) is 10.2 Å². The van der Waals surface area contributed by atoms with Gasteiger partial charge in [0, 0.05) is 66.4 Å². The fourth-order valence-electron chi connectivity index (χ4n) is 4.24. The van der Waals surface area contributed by atoms with Gasteiger partial charge in [0.05, 0.1) is 19.1 Å². The second-order valence-corrected chi connectivity index (χ2v) is 8.64. The number of anilines is 2. The lowest BCUT2D eigenvalue weighted by Gasteiger charge is -2.36. The molecule has 0 aliphatic carbocycles. The van der Waals surface area contributed by atoms with Crippen LogP contribution in [0.2, 0.25) is 0 Å². The Bertz CT molecular complexity index is 1290. The molecular weight excluding hydrogens is 476 g/mol. The summed E-state index contributed by atoms with van der Waals surface area (Å²) in [6, 6.07) is 16.9. The Morgan fingerprint density at radius 2 is 1.49 bits per heavy atom. The number of methoxy groups -OCH3 is 2. The maximum absolute atomic E-state index is 13.0. The lowest BCUT2D eigenvalue weighted by Crippen LogP contribution is -2.48. The molecule has 1 saturated heterocycles. The Labute approximate surface area is 214 Å². The topological polar surface area (TPSA) is 114 Å². The van der Waals surface area contributed by atoms with Crippen LogP contribution in [0.3, 0.4) is 0 Å². The molecular formula is C27H28N4O6. The zero-order chi connectivity index (χ0) is 26.5. The lowest BCUT2D eigenvalue weighted by atomic mass is 10.1. The van der Waals surface area contributed by atoms with Gasteiger partial charge in [-0.05, 0) is 55.5 Å². The highest BCUT2D eigenvalue weighted by Gasteiger charge is 2.23. The SMILES string of the molecule is COc1cc(OC)cc(C(=O)N2CCN(c3ccc(NC(=O)c4ccc([N+](=O)[O-])c(C)c4)cc3)CC2)c1. The number of rotatable bonds is 7. The summed E-state index contributed by atoms with van der Waals surface area (Å²) in [4.78, 5) is 40.1. The summed E-state index contributed by atoms with van der Waals surface area (Å²) in [6.07, 6.45) is 0. The highest BCUT2D eigenvalue weighted by Crippen LogP contribution is 2.25. The first-order valence-electron chi connectivity index (χ1n) is 11.7. The number of nitro groups is 1. The first-order chi connectivity index (χ1) is 17.8. The third-order valence-corrected chi connectivity index (χ3v) is 6.31. The number of hydrogen-bond donors (Lipinski definition) is 1. The van der Waals surface area contributed by atoms with Crippen LogP contribution in [0, 0.1) is 17.0 Å². The lowest BCUT2D eigenvalue weighted by molar-refractivity contribution is -0.385. The van der Waals surface area contributed by atoms with Gasteiger partial charge in [0.25, 0.3) is 17.5 Å². The van der Waals surface area contributed by atoms with E-state index in [0.717, 1.165) is 5.69 Å². The van der Waals surface area contributed by atoms with Crippen molar-refractivity contribution in [3.05, 3.63) is 87.5 Å². The van der Waals surface area contributed by atoms with Crippen molar-refractivity contribution >= 4 is 28.9 Å². The molecule has 1 heterocycles. The maximum Gasteiger partial charge on any atom is 0.272 e. The normalized spacial score (nSPS) is 13.2. The van der Waals surface area contributed by atoms with E-state index in [-0.39, 0.29) is 17.5 Å². The number of nitrogens with zero attached hydrogens (tertiary/aromatic N) is 3. The molecule has 10 heteroatoms. The van der Waals surface area contributed by atoms with Gasteiger partial charge >= 0.3 is 0 Å². The number of amides is 2. The number of piperazine rings is 1. The van der Waals surface area contributed by atoms with Crippen LogP contribution in [0.4, 0.5) is 17.1 Å². The van der Waals surface area contributed by atoms with E-state index in [1.54, 1.807) is 39.3 Å². The maximum atomic E-state index is 13.0. The van der Waals surface area contributed by atoms with Crippen molar-refractivity contribution in [3.8, 4) is 11.5 Å². The molecule has 1 aliphatic rings. The molecule has 0 atom stereocenters. The largest absolute Gasteiger partial charge is 0.497 e. The summed E-state index contributed by atoms with van der Waals surface area (Å²) in [6.45, 7) is 4.07. The summed E-state index contributed by atoms with van der Waals surface area (Å²) in [5.74, 6) is 0.720. The molecule has 1 fully saturated rings. The predicted octanol–water partition coefficient (Wildman–Crippen LogP) is 4.14. The van der Waals surface area contributed by atoms with Crippen molar-refractivity contribution in [1.82, 2.24) is 4.90 Å². The van der Waals surface area contributed by atoms with Crippen molar-refractivity contribution < 1.29 is 24.0 Å². The van der Waals surface area contributed by atoms with Gasteiger partial charge < -0.3 is 24.6 Å². The van der Waals surface area contributed by atoms with Crippen molar-refractivity contribution in [1.29, 1.82) is 0 Å². The Morgan fingerprint density at radius 1 is 0.865 bits per heavy atom. The highest BCUT2D eigenvalue weighted by atomic mass is 16.6. The van der Waals surface area contributed by atoms with Gasteiger partial charge in [-0.2, -0.15) is 0 Å². The third-order valence-electron chi connectivity index (χ3n) is 6.31. The van der Waals surface area contributed by atoms with Crippen molar-refractivity contribution in [2.75, 3.05) is 50.6 Å². The molecule has 37 heavy (non-hydrogen) atoms. The van der Waals surface area contributed by atoms with Gasteiger partial charge in [-0.3, -0.25) is 19.7 Å². The van der Waals surface area contributed by atoms with E-state index in [0.29, 0.717) is 60.1 Å². The number of benzene rings is 3. The smallest absolute Gasteiger partial charge is 0.272 e. The molecule has 4 rings (SSSR count). The molecule has 2 amide bonds. The van der Waals surface area contributed by atoms with Crippen LogP contribution in [0.25, 0.3) is 0 Å². The molecule has 0 radical (unpaired) electrons. The summed E-state index contributed by atoms with van der Waals surface area (Å²) in [7, 11) is 3.10. The summed E-state index contributed by atoms with van der Waals surface area (Å²) in [5.41, 5.74) is 2.88. The Kier molecular flexibility index (Phi) is 7.57. The molecule has 1 aliphatic heterocycles. The quantitative estimate of drug-likeness (QED) is 0.380. The molecule has 0 bridgehead atoms. The van der Waals surface area contributed by atoms with Crippen LogP contribution in [0.5, 0.6) is 11.5 Å². The molecule has 0 spiro atoms. The molecule has 1 N–H and O–H groups in total. The minimum Gasteiger partial charge on any atom is -0.497 e. The molecule has 0 unspecified atom stereocenters. The van der Waals surface area contributed by atoms with E-state index < -0.39 is 4.92 Å². The Balaban J connectivity index is 1.35. The fourth-order valence-corrected chi connectivity index (χ4v) is 4.24. The fraction of sp³-hybridized carbons (Fsp3) is 0.259. The van der Waals surface area contributed by atoms with Crippen LogP contribution >= 0.6 is 0 Å². The van der Waals surface area contributed by atoms with Crippen LogP contribution < -0.4 is 19.7 Å². The first kappa shape index (κ1) is 25.5. The standard InChI is InChI=1S/C27H28N4O6/c1-18-14-19(4-9-25(18)31(34)35)26(32)28-21-5-7-22(8-6-21)29-10-12-30(13-11-29)27(33)20-15-23(36-2)17-24(16-20)37-3/h4-9,14-17H,10-13H2,1-3H3,(H,28,32). The van der Waals surface area contributed by atoms with Crippen molar-refractivity contribution in [2.24, 2.45) is 0 Å². The van der Waals surface area contributed by atoms with E-state index >= 15 is 0 Å². The number of nitro benzene ring substituents is 1. The van der Waals surface area contributed by atoms with Crippen molar-refractivity contribution in [2.45, 2.75) is 6.92 Å². The van der Waals surface area contributed by atoms with Gasteiger partial charge in [-0.25, -0.2) is 0 Å². The van der Waals surface area contributed by atoms with Crippen LogP contribution in [0.1, 0.15) is 26.3 Å². The molecule has 0 saturated carbocycles. The third kappa shape index (κ3) is 5.80.